The number of carbonyl (C=O) groups excluding carboxylic acids is 1. The van der Waals surface area contributed by atoms with Gasteiger partial charge in [0.25, 0.3) is 0 Å². The van der Waals surface area contributed by atoms with Crippen LogP contribution in [0.1, 0.15) is 0 Å². The molecule has 0 radical (unpaired) electrons. The highest BCUT2D eigenvalue weighted by Gasteiger charge is 2.19. The molecule has 0 spiro atoms. The molecule has 0 aliphatic rings. The minimum absolute atomic E-state index is 0.0926. The molecule has 1 aromatic carbocycles. The Morgan fingerprint density at radius 1 is 1.41 bits per heavy atom. The van der Waals surface area contributed by atoms with E-state index in [1.807, 2.05) is 0 Å². The zero-order valence-electron chi connectivity index (χ0n) is 8.79. The van der Waals surface area contributed by atoms with Gasteiger partial charge in [-0.2, -0.15) is 4.39 Å². The van der Waals surface area contributed by atoms with E-state index in [0.29, 0.717) is 12.1 Å². The van der Waals surface area contributed by atoms with E-state index >= 15 is 0 Å². The predicted molar refractivity (Wildman–Crippen MR) is 55.6 cm³/mol. The van der Waals surface area contributed by atoms with Crippen LogP contribution < -0.4 is 10.6 Å². The molecule has 6 nitrogen and oxygen atoms in total. The van der Waals surface area contributed by atoms with Gasteiger partial charge in [0, 0.05) is 12.1 Å². The number of nitrogens with one attached hydrogen (secondary N) is 2. The van der Waals surface area contributed by atoms with E-state index in [0.717, 1.165) is 0 Å². The van der Waals surface area contributed by atoms with Gasteiger partial charge < -0.3 is 10.6 Å². The molecule has 1 rings (SSSR count). The zero-order valence-corrected chi connectivity index (χ0v) is 8.79. The van der Waals surface area contributed by atoms with Gasteiger partial charge >= 0.3 is 5.69 Å². The molecule has 92 valence electrons. The maximum Gasteiger partial charge on any atom is 0.307 e. The third-order valence-electron chi connectivity index (χ3n) is 1.84. The van der Waals surface area contributed by atoms with E-state index in [4.69, 9.17) is 0 Å². The summed E-state index contributed by atoms with van der Waals surface area (Å²) in [6.45, 7) is -0.0926. The fourth-order valence-electron chi connectivity index (χ4n) is 1.13. The van der Waals surface area contributed by atoms with Crippen molar-refractivity contribution in [2.45, 2.75) is 0 Å². The van der Waals surface area contributed by atoms with Gasteiger partial charge in [0.2, 0.25) is 11.7 Å². The van der Waals surface area contributed by atoms with Crippen LogP contribution in [-0.4, -0.2) is 24.4 Å². The summed E-state index contributed by atoms with van der Waals surface area (Å²) in [6.07, 6.45) is 0. The third kappa shape index (κ3) is 3.18. The first kappa shape index (κ1) is 13.0. The van der Waals surface area contributed by atoms with Gasteiger partial charge in [-0.3, -0.25) is 14.9 Å². The number of rotatable bonds is 4. The van der Waals surface area contributed by atoms with E-state index < -0.39 is 33.8 Å². The van der Waals surface area contributed by atoms with Crippen molar-refractivity contribution in [3.63, 3.8) is 0 Å². The predicted octanol–water partition coefficient (Wildman–Crippen LogP) is 1.03. The highest BCUT2D eigenvalue weighted by molar-refractivity contribution is 5.92. The summed E-state index contributed by atoms with van der Waals surface area (Å²) in [4.78, 5) is 20.5. The number of nitro benzene ring substituents is 1. The Labute approximate surface area is 94.8 Å². The number of hydrogen-bond donors (Lipinski definition) is 2. The highest BCUT2D eigenvalue weighted by atomic mass is 19.1. The molecule has 0 aromatic heterocycles. The average molecular weight is 245 g/mol. The number of nitrogens with zero attached hydrogens (tertiary/aromatic N) is 1. The van der Waals surface area contributed by atoms with Gasteiger partial charge in [-0.15, -0.1) is 0 Å². The standard InChI is InChI=1S/C9H9F2N3O3/c1-12-4-9(15)13-7-3-8(14(16)17)6(11)2-5(7)10/h2-3,12H,4H2,1H3,(H,13,15). The zero-order chi connectivity index (χ0) is 13.0. The quantitative estimate of drug-likeness (QED) is 0.613. The molecule has 0 saturated heterocycles. The normalized spacial score (nSPS) is 10.1. The lowest BCUT2D eigenvalue weighted by molar-refractivity contribution is -0.387. The van der Waals surface area contributed by atoms with E-state index in [2.05, 4.69) is 10.6 Å². The van der Waals surface area contributed by atoms with Gasteiger partial charge in [-0.25, -0.2) is 4.39 Å². The second kappa shape index (κ2) is 5.30. The number of amides is 1. The van der Waals surface area contributed by atoms with Crippen molar-refractivity contribution in [2.24, 2.45) is 0 Å². The Kier molecular flexibility index (Phi) is 4.05. The van der Waals surface area contributed by atoms with Gasteiger partial charge in [0.15, 0.2) is 0 Å². The van der Waals surface area contributed by atoms with E-state index in [1.165, 1.54) is 7.05 Å². The largest absolute Gasteiger partial charge is 0.322 e. The van der Waals surface area contributed by atoms with Crippen molar-refractivity contribution < 1.29 is 18.5 Å². The molecular formula is C9H9F2N3O3. The molecule has 17 heavy (non-hydrogen) atoms. The lowest BCUT2D eigenvalue weighted by Crippen LogP contribution is -2.25. The van der Waals surface area contributed by atoms with Crippen molar-refractivity contribution in [1.82, 2.24) is 5.32 Å². The molecule has 0 aliphatic heterocycles. The molecule has 0 fully saturated rings. The van der Waals surface area contributed by atoms with E-state index in [-0.39, 0.29) is 6.54 Å². The molecule has 0 atom stereocenters. The Bertz CT molecular complexity index is 465. The first-order valence-electron chi connectivity index (χ1n) is 4.53. The van der Waals surface area contributed by atoms with Crippen molar-refractivity contribution in [1.29, 1.82) is 0 Å². The highest BCUT2D eigenvalue weighted by Crippen LogP contribution is 2.24. The molecule has 1 amide bonds. The summed E-state index contributed by atoms with van der Waals surface area (Å²) >= 11 is 0. The van der Waals surface area contributed by atoms with Crippen molar-refractivity contribution in [3.8, 4) is 0 Å². The van der Waals surface area contributed by atoms with Crippen molar-refractivity contribution >= 4 is 17.3 Å². The number of benzene rings is 1. The molecule has 0 aliphatic carbocycles. The summed E-state index contributed by atoms with van der Waals surface area (Å²) in [5.41, 5.74) is -1.33. The molecule has 0 unspecified atom stereocenters. The maximum absolute atomic E-state index is 13.2. The summed E-state index contributed by atoms with van der Waals surface area (Å²) in [5, 5.41) is 15.0. The number of hydrogen-bond acceptors (Lipinski definition) is 4. The Hall–Kier alpha value is -2.09. The van der Waals surface area contributed by atoms with Gasteiger partial charge in [0.1, 0.15) is 5.82 Å². The summed E-state index contributed by atoms with van der Waals surface area (Å²) in [5.74, 6) is -2.95. The monoisotopic (exact) mass is 245 g/mol. The van der Waals surface area contributed by atoms with Gasteiger partial charge in [-0.1, -0.05) is 0 Å². The van der Waals surface area contributed by atoms with Crippen LogP contribution in [0, 0.1) is 21.7 Å². The van der Waals surface area contributed by atoms with Gasteiger partial charge in [-0.05, 0) is 7.05 Å². The second-order valence-corrected chi connectivity index (χ2v) is 3.12. The molecule has 2 N–H and O–H groups in total. The summed E-state index contributed by atoms with van der Waals surface area (Å²) in [7, 11) is 1.50. The number of likely N-dealkylation sites (N-methyl/N-ethyl adjacent to an activating group) is 1. The molecule has 0 heterocycles. The van der Waals surface area contributed by atoms with Crippen molar-refractivity contribution in [2.75, 3.05) is 18.9 Å². The van der Waals surface area contributed by atoms with Crippen LogP contribution in [0.25, 0.3) is 0 Å². The van der Waals surface area contributed by atoms with Crippen LogP contribution >= 0.6 is 0 Å². The van der Waals surface area contributed by atoms with Crippen LogP contribution in [0.2, 0.25) is 0 Å². The van der Waals surface area contributed by atoms with E-state index in [1.54, 1.807) is 0 Å². The average Bonchev–Trinajstić information content (AvgIpc) is 2.21. The molecular weight excluding hydrogens is 236 g/mol. The Morgan fingerprint density at radius 2 is 2.06 bits per heavy atom. The Balaban J connectivity index is 3.03. The fourth-order valence-corrected chi connectivity index (χ4v) is 1.13. The fraction of sp³-hybridized carbons (Fsp3) is 0.222. The first-order valence-corrected chi connectivity index (χ1v) is 4.53. The van der Waals surface area contributed by atoms with Gasteiger partial charge in [0.05, 0.1) is 17.2 Å². The van der Waals surface area contributed by atoms with E-state index in [9.17, 15) is 23.7 Å². The SMILES string of the molecule is CNCC(=O)Nc1cc([N+](=O)[O-])c(F)cc1F. The molecule has 0 bridgehead atoms. The van der Waals surface area contributed by atoms with Crippen LogP contribution in [-0.2, 0) is 4.79 Å². The lowest BCUT2D eigenvalue weighted by Gasteiger charge is -2.06. The number of anilines is 1. The first-order chi connectivity index (χ1) is 7.95. The smallest absolute Gasteiger partial charge is 0.307 e. The topological polar surface area (TPSA) is 84.3 Å². The number of halogens is 2. The Morgan fingerprint density at radius 3 is 2.59 bits per heavy atom. The van der Waals surface area contributed by atoms with Crippen LogP contribution in [0.3, 0.4) is 0 Å². The maximum atomic E-state index is 13.2. The third-order valence-corrected chi connectivity index (χ3v) is 1.84. The lowest BCUT2D eigenvalue weighted by atomic mass is 10.2. The van der Waals surface area contributed by atoms with Crippen LogP contribution in [0.4, 0.5) is 20.2 Å². The second-order valence-electron chi connectivity index (χ2n) is 3.12. The molecule has 0 saturated carbocycles. The summed E-state index contributed by atoms with van der Waals surface area (Å²) in [6, 6.07) is 0.991. The van der Waals surface area contributed by atoms with Crippen LogP contribution in [0.15, 0.2) is 12.1 Å². The van der Waals surface area contributed by atoms with Crippen LogP contribution in [0.5, 0.6) is 0 Å². The minimum atomic E-state index is -1.29. The number of carbonyl (C=O) groups is 1. The minimum Gasteiger partial charge on any atom is -0.322 e. The molecule has 1 aromatic rings. The molecule has 8 heteroatoms. The van der Waals surface area contributed by atoms with Crippen molar-refractivity contribution in [3.05, 3.63) is 33.9 Å². The summed E-state index contributed by atoms with van der Waals surface area (Å²) < 4.78 is 26.2. The number of nitro groups is 1.